The van der Waals surface area contributed by atoms with Gasteiger partial charge in [0.2, 0.25) is 5.95 Å². The number of nitrogens with two attached hydrogens (primary N) is 1. The summed E-state index contributed by atoms with van der Waals surface area (Å²) in [6.45, 7) is 5.64. The number of hydrogen-bond donors (Lipinski definition) is 2. The van der Waals surface area contributed by atoms with Crippen LogP contribution in [0, 0.1) is 0 Å². The van der Waals surface area contributed by atoms with Crippen molar-refractivity contribution in [2.75, 3.05) is 24.2 Å². The van der Waals surface area contributed by atoms with Crippen LogP contribution < -0.4 is 15.8 Å². The fourth-order valence-electron chi connectivity index (χ4n) is 2.45. The molecule has 0 bridgehead atoms. The number of nitrogens with zero attached hydrogens (tertiary/aromatic N) is 2. The summed E-state index contributed by atoms with van der Waals surface area (Å²) in [5.74, 6) is 1.60. The number of unbranched alkanes of at least 4 members (excludes halogenated alkanes) is 1. The highest BCUT2D eigenvalue weighted by Gasteiger charge is 2.07. The number of hydrogen-bond acceptors (Lipinski definition) is 5. The Morgan fingerprint density at radius 1 is 1.20 bits per heavy atom. The quantitative estimate of drug-likeness (QED) is 0.630. The third-order valence-electron chi connectivity index (χ3n) is 3.80. The average molecular weight is 340 g/mol. The van der Waals surface area contributed by atoms with E-state index in [0.717, 1.165) is 32.2 Å². The van der Waals surface area contributed by atoms with Crippen molar-refractivity contribution >= 4 is 17.8 Å². The molecule has 1 aromatic carbocycles. The predicted octanol–water partition coefficient (Wildman–Crippen LogP) is 4.32. The summed E-state index contributed by atoms with van der Waals surface area (Å²) in [6.07, 6.45) is 9.89. The zero-order valence-electron chi connectivity index (χ0n) is 15.2. The number of aromatic nitrogens is 2. The number of benzene rings is 1. The van der Waals surface area contributed by atoms with Crippen LogP contribution in [0.25, 0.3) is 6.08 Å². The van der Waals surface area contributed by atoms with Crippen LogP contribution in [0.2, 0.25) is 0 Å². The molecule has 3 N–H and O–H groups in total. The van der Waals surface area contributed by atoms with Crippen LogP contribution in [0.4, 0.5) is 11.8 Å². The Labute approximate surface area is 150 Å². The van der Waals surface area contributed by atoms with Gasteiger partial charge in [0.1, 0.15) is 0 Å². The molecule has 0 aliphatic rings. The third kappa shape index (κ3) is 6.45. The van der Waals surface area contributed by atoms with Crippen molar-refractivity contribution in [2.24, 2.45) is 0 Å². The molecule has 25 heavy (non-hydrogen) atoms. The van der Waals surface area contributed by atoms with Gasteiger partial charge in [-0.2, -0.15) is 4.98 Å². The van der Waals surface area contributed by atoms with E-state index in [1.54, 1.807) is 6.20 Å². The molecule has 134 valence electrons. The number of ether oxygens (including phenoxy) is 1. The van der Waals surface area contributed by atoms with Gasteiger partial charge in [-0.15, -0.1) is 0 Å². The van der Waals surface area contributed by atoms with E-state index in [9.17, 15) is 0 Å². The van der Waals surface area contributed by atoms with Gasteiger partial charge in [0, 0.05) is 6.54 Å². The number of aryl methyl sites for hydroxylation is 1. The Balaban J connectivity index is 1.82. The van der Waals surface area contributed by atoms with E-state index in [4.69, 9.17) is 10.5 Å². The van der Waals surface area contributed by atoms with Gasteiger partial charge in [0.05, 0.1) is 12.8 Å². The summed E-state index contributed by atoms with van der Waals surface area (Å²) in [7, 11) is 0. The molecule has 0 fully saturated rings. The van der Waals surface area contributed by atoms with Crippen LogP contribution in [-0.2, 0) is 6.42 Å². The normalized spacial score (nSPS) is 11.0. The van der Waals surface area contributed by atoms with Gasteiger partial charge < -0.3 is 15.8 Å². The summed E-state index contributed by atoms with van der Waals surface area (Å²) < 4.78 is 5.85. The maximum atomic E-state index is 5.85. The number of nitrogens with one attached hydrogen (secondary N) is 1. The van der Waals surface area contributed by atoms with E-state index in [2.05, 4.69) is 52.5 Å². The Hall–Kier alpha value is -2.56. The van der Waals surface area contributed by atoms with Gasteiger partial charge in [0.15, 0.2) is 11.6 Å². The molecule has 2 aromatic rings. The number of allylic oxidation sites excluding steroid dienone is 1. The fourth-order valence-corrected chi connectivity index (χ4v) is 2.45. The molecular formula is C20H28N4O. The van der Waals surface area contributed by atoms with E-state index in [1.807, 2.05) is 13.0 Å². The minimum Gasteiger partial charge on any atom is -0.488 e. The first-order chi connectivity index (χ1) is 12.2. The molecule has 0 saturated carbocycles. The maximum Gasteiger partial charge on any atom is 0.222 e. The van der Waals surface area contributed by atoms with Crippen LogP contribution in [0.5, 0.6) is 5.75 Å². The van der Waals surface area contributed by atoms with Crippen molar-refractivity contribution in [3.8, 4) is 5.75 Å². The molecule has 0 amide bonds. The van der Waals surface area contributed by atoms with Crippen LogP contribution in [-0.4, -0.2) is 23.1 Å². The first-order valence-corrected chi connectivity index (χ1v) is 8.93. The highest BCUT2D eigenvalue weighted by Crippen LogP contribution is 2.22. The third-order valence-corrected chi connectivity index (χ3v) is 3.80. The van der Waals surface area contributed by atoms with Crippen LogP contribution in [0.1, 0.15) is 44.2 Å². The standard InChI is InChI=1S/C20H28N4O/c1-3-5-13-22-19-18(15-23-20(21)24-19)25-14-6-8-17-11-9-16(7-4-2)10-12-17/h4,7,9-12,15H,3,5-6,8,13-14H2,1-2H3,(H3,21,22,23,24)/b7-4+. The second kappa shape index (κ2) is 10.3. The molecule has 0 spiro atoms. The largest absolute Gasteiger partial charge is 0.488 e. The van der Waals surface area contributed by atoms with Gasteiger partial charge in [-0.25, -0.2) is 4.98 Å². The van der Waals surface area contributed by atoms with Gasteiger partial charge in [-0.1, -0.05) is 49.8 Å². The van der Waals surface area contributed by atoms with Crippen LogP contribution in [0.3, 0.4) is 0 Å². The summed E-state index contributed by atoms with van der Waals surface area (Å²) in [5, 5.41) is 3.27. The van der Waals surface area contributed by atoms with E-state index in [1.165, 1.54) is 11.1 Å². The van der Waals surface area contributed by atoms with Gasteiger partial charge >= 0.3 is 0 Å². The van der Waals surface area contributed by atoms with Crippen molar-refractivity contribution in [3.05, 3.63) is 47.7 Å². The highest BCUT2D eigenvalue weighted by molar-refractivity contribution is 5.51. The van der Waals surface area contributed by atoms with E-state index in [-0.39, 0.29) is 5.95 Å². The van der Waals surface area contributed by atoms with Gasteiger partial charge in [-0.3, -0.25) is 0 Å². The second-order valence-electron chi connectivity index (χ2n) is 5.91. The Morgan fingerprint density at radius 2 is 2.00 bits per heavy atom. The molecule has 0 aliphatic heterocycles. The minimum atomic E-state index is 0.257. The SMILES string of the molecule is C/C=C/c1ccc(CCCOc2cnc(N)nc2NCCCC)cc1. The first kappa shape index (κ1) is 18.8. The topological polar surface area (TPSA) is 73.1 Å². The molecule has 0 atom stereocenters. The van der Waals surface area contributed by atoms with Crippen molar-refractivity contribution in [1.82, 2.24) is 9.97 Å². The van der Waals surface area contributed by atoms with Crippen molar-refractivity contribution in [1.29, 1.82) is 0 Å². The fraction of sp³-hybridized carbons (Fsp3) is 0.400. The van der Waals surface area contributed by atoms with E-state index in [0.29, 0.717) is 18.2 Å². The lowest BCUT2D eigenvalue weighted by Crippen LogP contribution is -2.09. The van der Waals surface area contributed by atoms with Crippen molar-refractivity contribution < 1.29 is 4.74 Å². The monoisotopic (exact) mass is 340 g/mol. The summed E-state index contributed by atoms with van der Waals surface area (Å²) in [5.41, 5.74) is 8.21. The molecular weight excluding hydrogens is 312 g/mol. The number of nitrogen functional groups attached to an aromatic ring is 1. The summed E-state index contributed by atoms with van der Waals surface area (Å²) >= 11 is 0. The molecule has 1 aromatic heterocycles. The Morgan fingerprint density at radius 3 is 2.72 bits per heavy atom. The number of anilines is 2. The Bertz CT molecular complexity index is 668. The van der Waals surface area contributed by atoms with Crippen LogP contribution >= 0.6 is 0 Å². The van der Waals surface area contributed by atoms with Crippen LogP contribution in [0.15, 0.2) is 36.5 Å². The van der Waals surface area contributed by atoms with Gasteiger partial charge in [0.25, 0.3) is 0 Å². The minimum absolute atomic E-state index is 0.257. The average Bonchev–Trinajstić information content (AvgIpc) is 2.62. The smallest absolute Gasteiger partial charge is 0.222 e. The zero-order chi connectivity index (χ0) is 17.9. The van der Waals surface area contributed by atoms with Gasteiger partial charge in [-0.05, 0) is 37.3 Å². The molecule has 5 heteroatoms. The lowest BCUT2D eigenvalue weighted by atomic mass is 10.1. The molecule has 1 heterocycles. The molecule has 5 nitrogen and oxygen atoms in total. The number of rotatable bonds is 10. The summed E-state index contributed by atoms with van der Waals surface area (Å²) in [6, 6.07) is 8.61. The zero-order valence-corrected chi connectivity index (χ0v) is 15.2. The van der Waals surface area contributed by atoms with E-state index >= 15 is 0 Å². The Kier molecular flexibility index (Phi) is 7.76. The lowest BCUT2D eigenvalue weighted by molar-refractivity contribution is 0.310. The summed E-state index contributed by atoms with van der Waals surface area (Å²) in [4.78, 5) is 8.26. The second-order valence-corrected chi connectivity index (χ2v) is 5.91. The maximum absolute atomic E-state index is 5.85. The van der Waals surface area contributed by atoms with E-state index < -0.39 is 0 Å². The lowest BCUT2D eigenvalue weighted by Gasteiger charge is -2.12. The molecule has 0 unspecified atom stereocenters. The molecule has 0 radical (unpaired) electrons. The van der Waals surface area contributed by atoms with Crippen molar-refractivity contribution in [3.63, 3.8) is 0 Å². The molecule has 0 saturated heterocycles. The molecule has 0 aliphatic carbocycles. The predicted molar refractivity (Wildman–Crippen MR) is 105 cm³/mol. The highest BCUT2D eigenvalue weighted by atomic mass is 16.5. The first-order valence-electron chi connectivity index (χ1n) is 8.93. The van der Waals surface area contributed by atoms with Crippen molar-refractivity contribution in [2.45, 2.75) is 39.5 Å². The molecule has 2 rings (SSSR count).